The van der Waals surface area contributed by atoms with Crippen LogP contribution in [-0.2, 0) is 0 Å². The highest BCUT2D eigenvalue weighted by Crippen LogP contribution is 2.26. The Bertz CT molecular complexity index is 288. The Balaban J connectivity index is 2.16. The molecule has 0 radical (unpaired) electrons. The van der Waals surface area contributed by atoms with Crippen LogP contribution in [0.15, 0.2) is 12.3 Å². The fraction of sp³-hybridized carbons (Fsp3) is 0.895. The van der Waals surface area contributed by atoms with Crippen LogP contribution in [0.1, 0.15) is 66.7 Å². The second-order valence-corrected chi connectivity index (χ2v) is 7.93. The Kier molecular flexibility index (Phi) is 8.39. The summed E-state index contributed by atoms with van der Waals surface area (Å²) in [6, 6.07) is 0.498. The molecule has 1 fully saturated rings. The van der Waals surface area contributed by atoms with E-state index >= 15 is 0 Å². The number of nitrogens with zero attached hydrogens (tertiary/aromatic N) is 1. The Hall–Kier alpha value is -0.500. The maximum absolute atomic E-state index is 4.14. The van der Waals surface area contributed by atoms with Gasteiger partial charge < -0.3 is 5.32 Å². The number of piperidine rings is 1. The molecule has 1 heterocycles. The summed E-state index contributed by atoms with van der Waals surface area (Å²) in [5.41, 5.74) is 1.18. The Morgan fingerprint density at radius 2 is 1.76 bits per heavy atom. The molecule has 1 N–H and O–H groups in total. The monoisotopic (exact) mass is 294 g/mol. The number of hydrogen-bond acceptors (Lipinski definition) is 2. The van der Waals surface area contributed by atoms with E-state index in [1.807, 2.05) is 0 Å². The van der Waals surface area contributed by atoms with E-state index in [1.165, 1.54) is 50.9 Å². The molecule has 1 aliphatic heterocycles. The van der Waals surface area contributed by atoms with Crippen LogP contribution in [0.25, 0.3) is 0 Å². The molecule has 1 aliphatic rings. The molecule has 124 valence electrons. The molecule has 1 saturated heterocycles. The largest absolute Gasteiger partial charge is 0.386 e. The summed E-state index contributed by atoms with van der Waals surface area (Å²) in [7, 11) is 0. The number of rotatable bonds is 9. The lowest BCUT2D eigenvalue weighted by molar-refractivity contribution is 0.182. The van der Waals surface area contributed by atoms with Gasteiger partial charge in [0.1, 0.15) is 0 Å². The van der Waals surface area contributed by atoms with Crippen molar-refractivity contribution in [2.24, 2.45) is 17.8 Å². The SMILES string of the molecule is C=C(CN1CCC(CCC(C)CC(C)C)CC1)NC(C)C. The van der Waals surface area contributed by atoms with Crippen molar-refractivity contribution in [2.75, 3.05) is 19.6 Å². The second-order valence-electron chi connectivity index (χ2n) is 7.93. The van der Waals surface area contributed by atoms with Gasteiger partial charge in [0.15, 0.2) is 0 Å². The highest BCUT2D eigenvalue weighted by Gasteiger charge is 2.20. The van der Waals surface area contributed by atoms with Gasteiger partial charge in [-0.15, -0.1) is 0 Å². The van der Waals surface area contributed by atoms with Crippen LogP contribution < -0.4 is 5.32 Å². The van der Waals surface area contributed by atoms with Crippen LogP contribution in [0, 0.1) is 17.8 Å². The molecule has 0 aromatic rings. The van der Waals surface area contributed by atoms with E-state index in [2.05, 4.69) is 51.4 Å². The summed E-state index contributed by atoms with van der Waals surface area (Å²) in [5.74, 6) is 2.71. The van der Waals surface area contributed by atoms with Crippen LogP contribution in [0.3, 0.4) is 0 Å². The van der Waals surface area contributed by atoms with Crippen molar-refractivity contribution < 1.29 is 0 Å². The number of hydrogen-bond donors (Lipinski definition) is 1. The molecule has 0 aliphatic carbocycles. The van der Waals surface area contributed by atoms with Crippen LogP contribution in [0.2, 0.25) is 0 Å². The molecule has 21 heavy (non-hydrogen) atoms. The molecule has 2 heteroatoms. The van der Waals surface area contributed by atoms with Gasteiger partial charge in [0.2, 0.25) is 0 Å². The van der Waals surface area contributed by atoms with Crippen LogP contribution in [0.4, 0.5) is 0 Å². The molecule has 0 saturated carbocycles. The lowest BCUT2D eigenvalue weighted by Gasteiger charge is -2.33. The minimum atomic E-state index is 0.498. The van der Waals surface area contributed by atoms with Crippen LogP contribution >= 0.6 is 0 Å². The van der Waals surface area contributed by atoms with Crippen molar-refractivity contribution in [3.8, 4) is 0 Å². The van der Waals surface area contributed by atoms with E-state index in [0.717, 1.165) is 24.3 Å². The third-order valence-electron chi connectivity index (χ3n) is 4.56. The molecule has 1 rings (SSSR count). The quantitative estimate of drug-likeness (QED) is 0.664. The number of likely N-dealkylation sites (tertiary alicyclic amines) is 1. The van der Waals surface area contributed by atoms with Gasteiger partial charge in [-0.3, -0.25) is 4.90 Å². The zero-order valence-electron chi connectivity index (χ0n) is 15.1. The molecular formula is C19H38N2. The molecule has 1 atom stereocenters. The lowest BCUT2D eigenvalue weighted by atomic mass is 9.86. The van der Waals surface area contributed by atoms with Gasteiger partial charge in [0, 0.05) is 18.3 Å². The summed E-state index contributed by atoms with van der Waals surface area (Å²) in [4.78, 5) is 2.56. The normalized spacial score (nSPS) is 19.2. The van der Waals surface area contributed by atoms with E-state index in [1.54, 1.807) is 0 Å². The highest BCUT2D eigenvalue weighted by atomic mass is 15.1. The van der Waals surface area contributed by atoms with Gasteiger partial charge >= 0.3 is 0 Å². The predicted octanol–water partition coefficient (Wildman–Crippen LogP) is 4.67. The van der Waals surface area contributed by atoms with E-state index in [-0.39, 0.29) is 0 Å². The smallest absolute Gasteiger partial charge is 0.0375 e. The molecule has 0 amide bonds. The average molecular weight is 295 g/mol. The highest BCUT2D eigenvalue weighted by molar-refractivity contribution is 4.96. The topological polar surface area (TPSA) is 15.3 Å². The molecule has 0 spiro atoms. The first-order valence-corrected chi connectivity index (χ1v) is 9.03. The standard InChI is InChI=1S/C19H38N2/c1-15(2)13-17(5)7-8-19-9-11-21(12-10-19)14-18(6)20-16(3)4/h15-17,19-20H,6-14H2,1-5H3. The Labute approximate surface area is 133 Å². The van der Waals surface area contributed by atoms with E-state index < -0.39 is 0 Å². The van der Waals surface area contributed by atoms with Crippen molar-refractivity contribution in [3.05, 3.63) is 12.3 Å². The summed E-state index contributed by atoms with van der Waals surface area (Å²) in [6.07, 6.45) is 7.00. The van der Waals surface area contributed by atoms with Gasteiger partial charge in [0.25, 0.3) is 0 Å². The van der Waals surface area contributed by atoms with Gasteiger partial charge in [-0.25, -0.2) is 0 Å². The van der Waals surface area contributed by atoms with Crippen molar-refractivity contribution in [1.82, 2.24) is 10.2 Å². The fourth-order valence-electron chi connectivity index (χ4n) is 3.60. The van der Waals surface area contributed by atoms with Crippen molar-refractivity contribution in [3.63, 3.8) is 0 Å². The Morgan fingerprint density at radius 3 is 2.29 bits per heavy atom. The molecule has 0 aromatic carbocycles. The van der Waals surface area contributed by atoms with Crippen LogP contribution in [0.5, 0.6) is 0 Å². The molecule has 0 bridgehead atoms. The van der Waals surface area contributed by atoms with Gasteiger partial charge in [0.05, 0.1) is 0 Å². The van der Waals surface area contributed by atoms with Crippen molar-refractivity contribution in [1.29, 1.82) is 0 Å². The van der Waals surface area contributed by atoms with Crippen molar-refractivity contribution in [2.45, 2.75) is 72.8 Å². The average Bonchev–Trinajstić information content (AvgIpc) is 2.36. The predicted molar refractivity (Wildman–Crippen MR) is 94.4 cm³/mol. The van der Waals surface area contributed by atoms with Crippen LogP contribution in [-0.4, -0.2) is 30.6 Å². The molecule has 2 nitrogen and oxygen atoms in total. The first-order chi connectivity index (χ1) is 9.86. The van der Waals surface area contributed by atoms with Gasteiger partial charge in [-0.2, -0.15) is 0 Å². The Morgan fingerprint density at radius 1 is 1.14 bits per heavy atom. The zero-order valence-corrected chi connectivity index (χ0v) is 15.1. The lowest BCUT2D eigenvalue weighted by Crippen LogP contribution is -2.38. The number of nitrogens with one attached hydrogen (secondary N) is 1. The zero-order chi connectivity index (χ0) is 15.8. The summed E-state index contributed by atoms with van der Waals surface area (Å²) < 4.78 is 0. The minimum Gasteiger partial charge on any atom is -0.386 e. The molecule has 0 aromatic heterocycles. The van der Waals surface area contributed by atoms with E-state index in [9.17, 15) is 0 Å². The first-order valence-electron chi connectivity index (χ1n) is 9.03. The van der Waals surface area contributed by atoms with Gasteiger partial charge in [-0.05, 0) is 64.0 Å². The maximum atomic E-state index is 4.14. The molecular weight excluding hydrogens is 256 g/mol. The van der Waals surface area contributed by atoms with Crippen molar-refractivity contribution >= 4 is 0 Å². The van der Waals surface area contributed by atoms with E-state index in [0.29, 0.717) is 6.04 Å². The van der Waals surface area contributed by atoms with E-state index in [4.69, 9.17) is 0 Å². The third kappa shape index (κ3) is 8.50. The third-order valence-corrected chi connectivity index (χ3v) is 4.56. The fourth-order valence-corrected chi connectivity index (χ4v) is 3.60. The molecule has 1 unspecified atom stereocenters. The second kappa shape index (κ2) is 9.50. The van der Waals surface area contributed by atoms with Gasteiger partial charge in [-0.1, -0.05) is 40.2 Å². The summed E-state index contributed by atoms with van der Waals surface area (Å²) in [5, 5.41) is 3.42. The first kappa shape index (κ1) is 18.5. The summed E-state index contributed by atoms with van der Waals surface area (Å²) >= 11 is 0. The minimum absolute atomic E-state index is 0.498. The maximum Gasteiger partial charge on any atom is 0.0375 e. The summed E-state index contributed by atoms with van der Waals surface area (Å²) in [6.45, 7) is 19.1.